The molecule has 0 amide bonds. The van der Waals surface area contributed by atoms with E-state index >= 15 is 0 Å². The quantitative estimate of drug-likeness (QED) is 0.755. The molecule has 1 aromatic carbocycles. The minimum atomic E-state index is 0.483. The molecule has 3 rings (SSSR count). The Hall–Kier alpha value is -1.85. The molecule has 18 heavy (non-hydrogen) atoms. The average molecular weight is 280 g/mol. The summed E-state index contributed by atoms with van der Waals surface area (Å²) in [7, 11) is 0. The van der Waals surface area contributed by atoms with E-state index in [1.54, 1.807) is 18.5 Å². The van der Waals surface area contributed by atoms with Gasteiger partial charge in [-0.2, -0.15) is 0 Å². The number of nitrogens with zero attached hydrogens (tertiary/aromatic N) is 3. The molecular weight excluding hydrogens is 273 g/mol. The van der Waals surface area contributed by atoms with Gasteiger partial charge in [0.25, 0.3) is 0 Å². The summed E-state index contributed by atoms with van der Waals surface area (Å²) < 4.78 is 0. The third-order valence-corrected chi connectivity index (χ3v) is 3.14. The van der Waals surface area contributed by atoms with Crippen LogP contribution in [0.3, 0.4) is 0 Å². The third-order valence-electron chi connectivity index (χ3n) is 2.41. The molecule has 0 aliphatic rings. The van der Waals surface area contributed by atoms with Crippen LogP contribution in [0.4, 0.5) is 11.5 Å². The number of aromatic amines is 1. The molecular formula is C11H7Cl2N5. The average Bonchev–Trinajstić information content (AvgIpc) is 2.83. The van der Waals surface area contributed by atoms with Crippen LogP contribution >= 0.6 is 23.2 Å². The summed E-state index contributed by atoms with van der Waals surface area (Å²) >= 11 is 11.8. The monoisotopic (exact) mass is 279 g/mol. The first-order chi connectivity index (χ1) is 8.74. The number of H-pyrrole nitrogens is 1. The van der Waals surface area contributed by atoms with E-state index in [0.29, 0.717) is 21.5 Å². The number of rotatable bonds is 2. The van der Waals surface area contributed by atoms with E-state index in [2.05, 4.69) is 25.3 Å². The van der Waals surface area contributed by atoms with Crippen LogP contribution in [0.5, 0.6) is 0 Å². The summed E-state index contributed by atoms with van der Waals surface area (Å²) in [6, 6.07) is 5.27. The molecule has 7 heteroatoms. The van der Waals surface area contributed by atoms with Crippen molar-refractivity contribution in [2.24, 2.45) is 0 Å². The molecule has 0 unspecified atom stereocenters. The molecule has 0 saturated carbocycles. The first-order valence-corrected chi connectivity index (χ1v) is 5.86. The van der Waals surface area contributed by atoms with Crippen molar-refractivity contribution in [3.63, 3.8) is 0 Å². The second-order valence-electron chi connectivity index (χ2n) is 3.58. The molecule has 0 radical (unpaired) electrons. The second kappa shape index (κ2) is 4.44. The Bertz CT molecular complexity index is 709. The lowest BCUT2D eigenvalue weighted by Gasteiger charge is -2.06. The fraction of sp³-hybridized carbons (Fsp3) is 0. The number of hydrogen-bond acceptors (Lipinski definition) is 4. The topological polar surface area (TPSA) is 66.5 Å². The van der Waals surface area contributed by atoms with Crippen LogP contribution in [-0.4, -0.2) is 19.9 Å². The zero-order valence-electron chi connectivity index (χ0n) is 8.98. The van der Waals surface area contributed by atoms with Gasteiger partial charge in [0.15, 0.2) is 11.5 Å². The highest BCUT2D eigenvalue weighted by Gasteiger charge is 2.06. The summed E-state index contributed by atoms with van der Waals surface area (Å²) in [6.45, 7) is 0. The van der Waals surface area contributed by atoms with Crippen LogP contribution in [-0.2, 0) is 0 Å². The second-order valence-corrected chi connectivity index (χ2v) is 4.39. The standard InChI is InChI=1S/C11H7Cl2N5/c12-7-2-1-6(3-8(7)13)18-11-9-10(15-4-14-9)16-5-17-11/h1-5H,(H2,14,15,16,17,18). The normalized spacial score (nSPS) is 10.8. The van der Waals surface area contributed by atoms with E-state index in [1.807, 2.05) is 6.07 Å². The minimum absolute atomic E-state index is 0.483. The molecule has 5 nitrogen and oxygen atoms in total. The van der Waals surface area contributed by atoms with Crippen molar-refractivity contribution in [3.05, 3.63) is 40.9 Å². The van der Waals surface area contributed by atoms with Crippen molar-refractivity contribution >= 4 is 45.9 Å². The molecule has 0 fully saturated rings. The van der Waals surface area contributed by atoms with Crippen LogP contribution in [0.25, 0.3) is 11.2 Å². The van der Waals surface area contributed by atoms with E-state index in [4.69, 9.17) is 23.2 Å². The number of aromatic nitrogens is 4. The van der Waals surface area contributed by atoms with Crippen LogP contribution in [0, 0.1) is 0 Å². The van der Waals surface area contributed by atoms with Gasteiger partial charge in [0.05, 0.1) is 16.4 Å². The smallest absolute Gasteiger partial charge is 0.182 e. The maximum absolute atomic E-state index is 5.95. The number of hydrogen-bond donors (Lipinski definition) is 2. The zero-order valence-corrected chi connectivity index (χ0v) is 10.5. The number of nitrogens with one attached hydrogen (secondary N) is 2. The lowest BCUT2D eigenvalue weighted by atomic mass is 10.3. The molecule has 0 bridgehead atoms. The van der Waals surface area contributed by atoms with Gasteiger partial charge in [-0.1, -0.05) is 23.2 Å². The molecule has 2 aromatic heterocycles. The highest BCUT2D eigenvalue weighted by atomic mass is 35.5. The summed E-state index contributed by atoms with van der Waals surface area (Å²) in [5, 5.41) is 4.13. The predicted octanol–water partition coefficient (Wildman–Crippen LogP) is 3.40. The summed E-state index contributed by atoms with van der Waals surface area (Å²) in [5.74, 6) is 0.635. The predicted molar refractivity (Wildman–Crippen MR) is 71.4 cm³/mol. The molecule has 0 saturated heterocycles. The Morgan fingerprint density at radius 2 is 1.94 bits per heavy atom. The SMILES string of the molecule is Clc1ccc(Nc2ncnc3nc[nH]c23)cc1Cl. The van der Waals surface area contributed by atoms with Crippen molar-refractivity contribution in [2.75, 3.05) is 5.32 Å². The lowest BCUT2D eigenvalue weighted by Crippen LogP contribution is -1.95. The lowest BCUT2D eigenvalue weighted by molar-refractivity contribution is 1.20. The molecule has 2 N–H and O–H groups in total. The fourth-order valence-electron chi connectivity index (χ4n) is 1.57. The van der Waals surface area contributed by atoms with E-state index in [1.165, 1.54) is 6.33 Å². The summed E-state index contributed by atoms with van der Waals surface area (Å²) in [5.41, 5.74) is 2.13. The Labute approximate surface area is 112 Å². The molecule has 0 aliphatic heterocycles. The van der Waals surface area contributed by atoms with Gasteiger partial charge in [-0.05, 0) is 18.2 Å². The van der Waals surface area contributed by atoms with Crippen molar-refractivity contribution in [3.8, 4) is 0 Å². The van der Waals surface area contributed by atoms with Gasteiger partial charge in [0.2, 0.25) is 0 Å². The Morgan fingerprint density at radius 1 is 1.06 bits per heavy atom. The van der Waals surface area contributed by atoms with E-state index < -0.39 is 0 Å². The van der Waals surface area contributed by atoms with Crippen molar-refractivity contribution in [1.82, 2.24) is 19.9 Å². The van der Waals surface area contributed by atoms with E-state index in [-0.39, 0.29) is 0 Å². The van der Waals surface area contributed by atoms with Crippen LogP contribution in [0.2, 0.25) is 10.0 Å². The number of imidazole rings is 1. The van der Waals surface area contributed by atoms with Gasteiger partial charge >= 0.3 is 0 Å². The summed E-state index contributed by atoms with van der Waals surface area (Å²) in [6.07, 6.45) is 3.02. The third kappa shape index (κ3) is 1.98. The molecule has 90 valence electrons. The van der Waals surface area contributed by atoms with Crippen molar-refractivity contribution < 1.29 is 0 Å². The molecule has 0 aliphatic carbocycles. The molecule has 0 spiro atoms. The number of halogens is 2. The van der Waals surface area contributed by atoms with E-state index in [9.17, 15) is 0 Å². The summed E-state index contributed by atoms with van der Waals surface area (Å²) in [4.78, 5) is 15.2. The van der Waals surface area contributed by atoms with Crippen LogP contribution in [0.1, 0.15) is 0 Å². The Kier molecular flexibility index (Phi) is 2.77. The molecule has 3 aromatic rings. The molecule has 2 heterocycles. The van der Waals surface area contributed by atoms with Gasteiger partial charge in [-0.3, -0.25) is 0 Å². The van der Waals surface area contributed by atoms with Gasteiger partial charge in [0.1, 0.15) is 11.8 Å². The number of benzene rings is 1. The van der Waals surface area contributed by atoms with Gasteiger partial charge in [-0.15, -0.1) is 0 Å². The maximum atomic E-state index is 5.95. The first-order valence-electron chi connectivity index (χ1n) is 5.10. The van der Waals surface area contributed by atoms with Gasteiger partial charge in [-0.25, -0.2) is 15.0 Å². The number of anilines is 2. The fourth-order valence-corrected chi connectivity index (χ4v) is 1.87. The largest absolute Gasteiger partial charge is 0.340 e. The van der Waals surface area contributed by atoms with Crippen molar-refractivity contribution in [1.29, 1.82) is 0 Å². The Balaban J connectivity index is 2.01. The minimum Gasteiger partial charge on any atom is -0.340 e. The van der Waals surface area contributed by atoms with Gasteiger partial charge in [0, 0.05) is 5.69 Å². The highest BCUT2D eigenvalue weighted by Crippen LogP contribution is 2.27. The van der Waals surface area contributed by atoms with Gasteiger partial charge < -0.3 is 10.3 Å². The van der Waals surface area contributed by atoms with Crippen molar-refractivity contribution in [2.45, 2.75) is 0 Å². The number of fused-ring (bicyclic) bond motifs is 1. The van der Waals surface area contributed by atoms with Crippen LogP contribution in [0.15, 0.2) is 30.9 Å². The van der Waals surface area contributed by atoms with Crippen LogP contribution < -0.4 is 5.32 Å². The molecule has 0 atom stereocenters. The first kappa shape index (κ1) is 11.3. The highest BCUT2D eigenvalue weighted by molar-refractivity contribution is 6.42. The zero-order chi connectivity index (χ0) is 12.5. The Morgan fingerprint density at radius 3 is 2.78 bits per heavy atom. The van der Waals surface area contributed by atoms with E-state index in [0.717, 1.165) is 11.2 Å². The maximum Gasteiger partial charge on any atom is 0.182 e.